The summed E-state index contributed by atoms with van der Waals surface area (Å²) in [4.78, 5) is 10.7. The Morgan fingerprint density at radius 2 is 2.29 bits per heavy atom. The van der Waals surface area contributed by atoms with Crippen LogP contribution < -0.4 is 0 Å². The van der Waals surface area contributed by atoms with Gasteiger partial charge < -0.3 is 4.74 Å². The molecule has 0 aliphatic heterocycles. The van der Waals surface area contributed by atoms with Gasteiger partial charge in [-0.1, -0.05) is 17.5 Å². The minimum absolute atomic E-state index is 0.168. The van der Waals surface area contributed by atoms with Crippen LogP contribution in [0.3, 0.4) is 0 Å². The van der Waals surface area contributed by atoms with E-state index >= 15 is 0 Å². The van der Waals surface area contributed by atoms with Crippen molar-refractivity contribution in [2.75, 3.05) is 7.11 Å². The number of carbonyl (C=O) groups excluding carboxylic acids is 1. The average molecular weight is 213 g/mol. The predicted octanol–water partition coefficient (Wildman–Crippen LogP) is 2.00. The maximum absolute atomic E-state index is 12.6. The van der Waals surface area contributed by atoms with Gasteiger partial charge in [0.15, 0.2) is 0 Å². The van der Waals surface area contributed by atoms with Crippen molar-refractivity contribution >= 4 is 17.6 Å². The van der Waals surface area contributed by atoms with Gasteiger partial charge in [-0.05, 0) is 18.2 Å². The molecule has 0 bridgehead atoms. The lowest BCUT2D eigenvalue weighted by Gasteiger charge is -1.94. The molecular weight excluding hydrogens is 207 g/mol. The van der Waals surface area contributed by atoms with Crippen LogP contribution in [0.4, 0.5) is 4.39 Å². The first-order valence-corrected chi connectivity index (χ1v) is 4.06. The van der Waals surface area contributed by atoms with Crippen molar-refractivity contribution in [1.82, 2.24) is 0 Å². The number of benzene rings is 1. The third-order valence-electron chi connectivity index (χ3n) is 1.42. The highest BCUT2D eigenvalue weighted by atomic mass is 35.5. The quantitative estimate of drug-likeness (QED) is 0.486. The average Bonchev–Trinajstić information content (AvgIpc) is 2.16. The standard InChI is InChI=1S/C10H6ClFO2/c1-14-10(13)5-3-7-2-4-8(12)6-9(7)11/h2,4,6H,1H3. The summed E-state index contributed by atoms with van der Waals surface area (Å²) in [6, 6.07) is 3.74. The van der Waals surface area contributed by atoms with Crippen LogP contribution in [0.15, 0.2) is 18.2 Å². The van der Waals surface area contributed by atoms with Gasteiger partial charge in [0.1, 0.15) is 5.82 Å². The molecule has 14 heavy (non-hydrogen) atoms. The van der Waals surface area contributed by atoms with E-state index in [1.807, 2.05) is 0 Å². The molecule has 72 valence electrons. The zero-order chi connectivity index (χ0) is 10.6. The van der Waals surface area contributed by atoms with Crippen molar-refractivity contribution in [2.45, 2.75) is 0 Å². The monoisotopic (exact) mass is 212 g/mol. The summed E-state index contributed by atoms with van der Waals surface area (Å²) in [5, 5.41) is 0.168. The summed E-state index contributed by atoms with van der Waals surface area (Å²) >= 11 is 5.66. The second-order valence-corrected chi connectivity index (χ2v) is 2.77. The fourth-order valence-corrected chi connectivity index (χ4v) is 0.975. The molecule has 4 heteroatoms. The topological polar surface area (TPSA) is 26.3 Å². The van der Waals surface area contributed by atoms with E-state index in [1.54, 1.807) is 0 Å². The molecule has 1 aromatic carbocycles. The summed E-state index contributed by atoms with van der Waals surface area (Å²) in [6.45, 7) is 0. The molecule has 0 saturated carbocycles. The highest BCUT2D eigenvalue weighted by Crippen LogP contribution is 2.15. The summed E-state index contributed by atoms with van der Waals surface area (Å²) in [5.74, 6) is 3.55. The van der Waals surface area contributed by atoms with Gasteiger partial charge in [-0.25, -0.2) is 9.18 Å². The van der Waals surface area contributed by atoms with E-state index < -0.39 is 11.8 Å². The number of hydrogen-bond acceptors (Lipinski definition) is 2. The van der Waals surface area contributed by atoms with Crippen LogP contribution in [-0.2, 0) is 9.53 Å². The third-order valence-corrected chi connectivity index (χ3v) is 1.73. The van der Waals surface area contributed by atoms with E-state index in [2.05, 4.69) is 16.6 Å². The van der Waals surface area contributed by atoms with E-state index in [-0.39, 0.29) is 5.02 Å². The highest BCUT2D eigenvalue weighted by Gasteiger charge is 1.99. The van der Waals surface area contributed by atoms with Crippen molar-refractivity contribution < 1.29 is 13.9 Å². The maximum atomic E-state index is 12.6. The molecule has 0 aromatic heterocycles. The Kier molecular flexibility index (Phi) is 3.49. The number of rotatable bonds is 0. The van der Waals surface area contributed by atoms with Crippen LogP contribution in [-0.4, -0.2) is 13.1 Å². The lowest BCUT2D eigenvalue weighted by atomic mass is 10.2. The van der Waals surface area contributed by atoms with E-state index in [0.717, 1.165) is 6.07 Å². The number of esters is 1. The van der Waals surface area contributed by atoms with E-state index in [0.29, 0.717) is 5.56 Å². The molecule has 0 N–H and O–H groups in total. The molecule has 0 aliphatic rings. The Morgan fingerprint density at radius 3 is 2.86 bits per heavy atom. The van der Waals surface area contributed by atoms with Crippen molar-refractivity contribution in [3.63, 3.8) is 0 Å². The molecule has 0 spiro atoms. The smallest absolute Gasteiger partial charge is 0.384 e. The molecule has 1 rings (SSSR count). The second kappa shape index (κ2) is 4.64. The molecule has 0 fully saturated rings. The Balaban J connectivity index is 2.96. The van der Waals surface area contributed by atoms with Crippen LogP contribution in [0.1, 0.15) is 5.56 Å². The third kappa shape index (κ3) is 2.75. The fourth-order valence-electron chi connectivity index (χ4n) is 0.760. The molecule has 0 saturated heterocycles. The van der Waals surface area contributed by atoms with E-state index in [1.165, 1.54) is 19.2 Å². The summed E-state index contributed by atoms with van der Waals surface area (Å²) in [5.41, 5.74) is 0.387. The molecular formula is C10H6ClFO2. The fraction of sp³-hybridized carbons (Fsp3) is 0.100. The van der Waals surface area contributed by atoms with Crippen LogP contribution in [0.25, 0.3) is 0 Å². The molecule has 0 heterocycles. The minimum Gasteiger partial charge on any atom is -0.459 e. The maximum Gasteiger partial charge on any atom is 0.384 e. The number of hydrogen-bond donors (Lipinski definition) is 0. The predicted molar refractivity (Wildman–Crippen MR) is 50.3 cm³/mol. The van der Waals surface area contributed by atoms with Gasteiger partial charge >= 0.3 is 5.97 Å². The SMILES string of the molecule is COC(=O)C#Cc1ccc(F)cc1Cl. The first kappa shape index (κ1) is 10.6. The van der Waals surface area contributed by atoms with E-state index in [9.17, 15) is 9.18 Å². The molecule has 2 nitrogen and oxygen atoms in total. The van der Waals surface area contributed by atoms with Crippen molar-refractivity contribution in [3.05, 3.63) is 34.6 Å². The Bertz CT molecular complexity index is 418. The lowest BCUT2D eigenvalue weighted by molar-refractivity contribution is -0.133. The van der Waals surface area contributed by atoms with Crippen molar-refractivity contribution in [1.29, 1.82) is 0 Å². The van der Waals surface area contributed by atoms with Gasteiger partial charge in [0.05, 0.1) is 12.1 Å². The van der Waals surface area contributed by atoms with Crippen LogP contribution in [0.2, 0.25) is 5.02 Å². The number of carbonyl (C=O) groups is 1. The van der Waals surface area contributed by atoms with Crippen molar-refractivity contribution in [2.24, 2.45) is 0 Å². The normalized spacial score (nSPS) is 8.79. The Hall–Kier alpha value is -1.53. The number of ether oxygens (including phenoxy) is 1. The number of halogens is 2. The molecule has 0 aliphatic carbocycles. The van der Waals surface area contributed by atoms with Gasteiger partial charge in [0.2, 0.25) is 0 Å². The molecule has 0 atom stereocenters. The van der Waals surface area contributed by atoms with Crippen molar-refractivity contribution in [3.8, 4) is 11.8 Å². The summed E-state index contributed by atoms with van der Waals surface area (Å²) in [6.07, 6.45) is 0. The largest absolute Gasteiger partial charge is 0.459 e. The zero-order valence-electron chi connectivity index (χ0n) is 7.30. The molecule has 0 unspecified atom stereocenters. The van der Waals surface area contributed by atoms with E-state index in [4.69, 9.17) is 11.6 Å². The second-order valence-electron chi connectivity index (χ2n) is 2.37. The highest BCUT2D eigenvalue weighted by molar-refractivity contribution is 6.31. The first-order valence-electron chi connectivity index (χ1n) is 3.68. The Morgan fingerprint density at radius 1 is 1.57 bits per heavy atom. The molecule has 1 aromatic rings. The summed E-state index contributed by atoms with van der Waals surface area (Å²) in [7, 11) is 1.23. The zero-order valence-corrected chi connectivity index (χ0v) is 8.06. The van der Waals surface area contributed by atoms with Gasteiger partial charge in [-0.3, -0.25) is 0 Å². The molecule has 0 radical (unpaired) electrons. The van der Waals surface area contributed by atoms with Crippen LogP contribution in [0, 0.1) is 17.7 Å². The van der Waals surface area contributed by atoms with Gasteiger partial charge in [0, 0.05) is 11.5 Å². The molecule has 0 amide bonds. The first-order chi connectivity index (χ1) is 6.63. The van der Waals surface area contributed by atoms with Crippen LogP contribution in [0.5, 0.6) is 0 Å². The summed E-state index contributed by atoms with van der Waals surface area (Å²) < 4.78 is 16.9. The van der Waals surface area contributed by atoms with Gasteiger partial charge in [0.25, 0.3) is 0 Å². The minimum atomic E-state index is -0.662. The van der Waals surface area contributed by atoms with Gasteiger partial charge in [-0.15, -0.1) is 0 Å². The number of methoxy groups -OCH3 is 1. The van der Waals surface area contributed by atoms with Crippen LogP contribution >= 0.6 is 11.6 Å². The lowest BCUT2D eigenvalue weighted by Crippen LogP contribution is -1.94. The Labute approximate surface area is 85.6 Å². The van der Waals surface area contributed by atoms with Gasteiger partial charge in [-0.2, -0.15) is 0 Å².